The van der Waals surface area contributed by atoms with Crippen LogP contribution in [-0.4, -0.2) is 17.4 Å². The van der Waals surface area contributed by atoms with Gasteiger partial charge in [-0.15, -0.1) is 0 Å². The first-order valence-electron chi connectivity index (χ1n) is 9.10. The Hall–Kier alpha value is 0.256. The van der Waals surface area contributed by atoms with E-state index in [9.17, 15) is 9.59 Å². The molecule has 0 heterocycles. The van der Waals surface area contributed by atoms with Crippen molar-refractivity contribution < 1.29 is 66.1 Å². The van der Waals surface area contributed by atoms with Crippen molar-refractivity contribution in [3.05, 3.63) is 31.2 Å². The van der Waals surface area contributed by atoms with E-state index in [1.54, 1.807) is 0 Å². The molecule has 25 heavy (non-hydrogen) atoms. The van der Waals surface area contributed by atoms with Crippen LogP contribution in [0.5, 0.6) is 0 Å². The second kappa shape index (κ2) is 16.4. The summed E-state index contributed by atoms with van der Waals surface area (Å²) in [6.45, 7) is 13.5. The average Bonchev–Trinajstić information content (AvgIpc) is 2.50. The van der Waals surface area contributed by atoms with Crippen LogP contribution in [0.25, 0.3) is 0 Å². The van der Waals surface area contributed by atoms with Crippen LogP contribution in [-0.2, 0) is 9.59 Å². The Bertz CT molecular complexity index is 411. The largest absolute Gasteiger partial charge is 1.00 e. The number of carbonyl (C=O) groups is 1. The van der Waals surface area contributed by atoms with Gasteiger partial charge in [-0.1, -0.05) is 51.5 Å². The minimum absolute atomic E-state index is 0. The third-order valence-electron chi connectivity index (χ3n) is 4.90. The predicted molar refractivity (Wildman–Crippen MR) is 99.1 cm³/mol. The summed E-state index contributed by atoms with van der Waals surface area (Å²) in [4.78, 5) is 19.6. The Morgan fingerprint density at radius 1 is 1.36 bits per heavy atom. The number of allylic oxidation sites excluding steroid dienone is 2. The molecule has 1 rings (SSSR count). The van der Waals surface area contributed by atoms with Crippen LogP contribution in [0.1, 0.15) is 78.1 Å². The van der Waals surface area contributed by atoms with E-state index >= 15 is 0 Å². The molecule has 0 amide bonds. The molecule has 1 atom stereocenters. The Labute approximate surface area is 197 Å². The maximum Gasteiger partial charge on any atom is 1.00 e. The molecule has 0 aromatic heterocycles. The molecule has 1 aliphatic carbocycles. The predicted octanol–water partition coefficient (Wildman–Crippen LogP) is 2.48. The Morgan fingerprint density at radius 2 is 2.00 bits per heavy atom. The quantitative estimate of drug-likeness (QED) is 0.151. The minimum atomic E-state index is -1.33. The Morgan fingerprint density at radius 3 is 2.32 bits per heavy atom. The standard InChI is InChI=1S/C15H29.C6H4O3.K/c1-4-8-14(3)9-6-11-15(10-5-2)12-7-13-15;1-2-3-5(4-7)6(8)9;/h14H,1,4-13H2,2-3H3;1-3H,(H,8,9);/q-1;-2;+1/b;5-3+;. The SMILES string of the molecule is [CH-]=C/C=C(\[C-]=O)C(=O)O.[CH2-]CCC(C)CCCC1(CCC)CCC1.[K+]. The zero-order chi connectivity index (χ0) is 18.4. The first-order valence-corrected chi connectivity index (χ1v) is 9.10. The second-order valence-corrected chi connectivity index (χ2v) is 6.92. The van der Waals surface area contributed by atoms with Crippen molar-refractivity contribution in [1.29, 1.82) is 0 Å². The van der Waals surface area contributed by atoms with Gasteiger partial charge in [0.05, 0.1) is 6.29 Å². The van der Waals surface area contributed by atoms with Gasteiger partial charge in [0.15, 0.2) is 0 Å². The van der Waals surface area contributed by atoms with Crippen LogP contribution in [0.15, 0.2) is 17.7 Å². The van der Waals surface area contributed by atoms with E-state index in [2.05, 4.69) is 20.8 Å². The second-order valence-electron chi connectivity index (χ2n) is 6.92. The van der Waals surface area contributed by atoms with Gasteiger partial charge < -0.3 is 21.6 Å². The molecule has 3 nitrogen and oxygen atoms in total. The summed E-state index contributed by atoms with van der Waals surface area (Å²) in [7, 11) is 0. The van der Waals surface area contributed by atoms with Gasteiger partial charge >= 0.3 is 51.4 Å². The molecule has 1 saturated carbocycles. The normalized spacial score (nSPS) is 16.4. The fourth-order valence-corrected chi connectivity index (χ4v) is 3.40. The van der Waals surface area contributed by atoms with Gasteiger partial charge in [0.2, 0.25) is 5.97 Å². The summed E-state index contributed by atoms with van der Waals surface area (Å²) in [5, 5.41) is 8.10. The van der Waals surface area contributed by atoms with E-state index in [4.69, 9.17) is 11.7 Å². The van der Waals surface area contributed by atoms with Gasteiger partial charge in [-0.05, 0) is 37.0 Å². The molecule has 4 heteroatoms. The molecular formula is C21H33KO3-2. The topological polar surface area (TPSA) is 54.4 Å². The Balaban J connectivity index is 0. The molecule has 0 aromatic carbocycles. The molecule has 1 fully saturated rings. The van der Waals surface area contributed by atoms with Gasteiger partial charge in [0, 0.05) is 0 Å². The van der Waals surface area contributed by atoms with Crippen molar-refractivity contribution in [1.82, 2.24) is 0 Å². The zero-order valence-electron chi connectivity index (χ0n) is 16.4. The maximum atomic E-state index is 9.91. The Kier molecular flexibility index (Phi) is 18.1. The van der Waals surface area contributed by atoms with E-state index in [-0.39, 0.29) is 51.4 Å². The van der Waals surface area contributed by atoms with Gasteiger partial charge in [-0.2, -0.15) is 12.5 Å². The molecule has 0 bridgehead atoms. The van der Waals surface area contributed by atoms with Crippen molar-refractivity contribution in [2.75, 3.05) is 0 Å². The average molecular weight is 373 g/mol. The van der Waals surface area contributed by atoms with Crippen LogP contribution in [0, 0.1) is 24.8 Å². The molecule has 138 valence electrons. The minimum Gasteiger partial charge on any atom is -0.535 e. The van der Waals surface area contributed by atoms with E-state index in [1.807, 2.05) is 0 Å². The van der Waals surface area contributed by atoms with Crippen molar-refractivity contribution in [2.45, 2.75) is 78.1 Å². The van der Waals surface area contributed by atoms with Crippen LogP contribution >= 0.6 is 0 Å². The van der Waals surface area contributed by atoms with Crippen LogP contribution in [0.3, 0.4) is 0 Å². The first-order chi connectivity index (χ1) is 11.4. The molecule has 1 N–H and O–H groups in total. The molecule has 0 aliphatic heterocycles. The zero-order valence-corrected chi connectivity index (χ0v) is 19.5. The van der Waals surface area contributed by atoms with E-state index in [0.29, 0.717) is 0 Å². The van der Waals surface area contributed by atoms with Gasteiger partial charge in [-0.25, -0.2) is 6.08 Å². The summed E-state index contributed by atoms with van der Waals surface area (Å²) in [6.07, 6.45) is 17.4. The summed E-state index contributed by atoms with van der Waals surface area (Å²) in [5.41, 5.74) is 0.316. The summed E-state index contributed by atoms with van der Waals surface area (Å²) in [5.74, 6) is -0.423. The number of aliphatic carboxylic acids is 1. The molecule has 1 unspecified atom stereocenters. The molecular weight excluding hydrogens is 339 g/mol. The fourth-order valence-electron chi connectivity index (χ4n) is 3.40. The van der Waals surface area contributed by atoms with E-state index in [0.717, 1.165) is 29.9 Å². The van der Waals surface area contributed by atoms with E-state index < -0.39 is 11.5 Å². The summed E-state index contributed by atoms with van der Waals surface area (Å²) >= 11 is 0. The molecule has 0 aromatic rings. The van der Waals surface area contributed by atoms with Crippen molar-refractivity contribution in [2.24, 2.45) is 11.3 Å². The third-order valence-corrected chi connectivity index (χ3v) is 4.90. The summed E-state index contributed by atoms with van der Waals surface area (Å²) in [6, 6.07) is 0. The number of carbonyl (C=O) groups excluding carboxylic acids is 1. The monoisotopic (exact) mass is 372 g/mol. The van der Waals surface area contributed by atoms with Gasteiger partial charge in [0.1, 0.15) is 0 Å². The van der Waals surface area contributed by atoms with Crippen LogP contribution in [0.4, 0.5) is 0 Å². The molecule has 1 aliphatic rings. The van der Waals surface area contributed by atoms with Gasteiger partial charge in [-0.3, -0.25) is 6.58 Å². The number of carboxylic acids is 1. The maximum absolute atomic E-state index is 9.91. The number of hydrogen-bond donors (Lipinski definition) is 1. The van der Waals surface area contributed by atoms with Gasteiger partial charge in [0.25, 0.3) is 0 Å². The number of hydrogen-bond acceptors (Lipinski definition) is 2. The van der Waals surface area contributed by atoms with Crippen LogP contribution < -0.4 is 51.4 Å². The molecule has 0 spiro atoms. The number of rotatable bonds is 11. The summed E-state index contributed by atoms with van der Waals surface area (Å²) < 4.78 is 0. The van der Waals surface area contributed by atoms with Crippen LogP contribution in [0.2, 0.25) is 0 Å². The fraction of sp³-hybridized carbons (Fsp3) is 0.667. The van der Waals surface area contributed by atoms with Crippen molar-refractivity contribution >= 4 is 12.3 Å². The van der Waals surface area contributed by atoms with Crippen molar-refractivity contribution in [3.8, 4) is 0 Å². The van der Waals surface area contributed by atoms with Crippen molar-refractivity contribution in [3.63, 3.8) is 0 Å². The molecule has 0 radical (unpaired) electrons. The third kappa shape index (κ3) is 12.3. The smallest absolute Gasteiger partial charge is 0.535 e. The van der Waals surface area contributed by atoms with E-state index in [1.165, 1.54) is 64.1 Å². The first kappa shape index (κ1) is 27.5. The number of carboxylic acid groups (broad SMARTS) is 1. The molecule has 0 saturated heterocycles.